The van der Waals surface area contributed by atoms with Crippen molar-refractivity contribution in [2.75, 3.05) is 7.11 Å². The van der Waals surface area contributed by atoms with Crippen LogP contribution in [-0.2, 0) is 0 Å². The van der Waals surface area contributed by atoms with Crippen LogP contribution in [0.4, 0.5) is 0 Å². The fourth-order valence-corrected chi connectivity index (χ4v) is 2.14. The number of hydrogen-bond donors (Lipinski definition) is 1. The van der Waals surface area contributed by atoms with Crippen LogP contribution in [0, 0.1) is 6.92 Å². The van der Waals surface area contributed by atoms with Crippen molar-refractivity contribution >= 4 is 10.9 Å². The maximum absolute atomic E-state index is 12.3. The molecule has 0 unspecified atom stereocenters. The lowest BCUT2D eigenvalue weighted by Gasteiger charge is -2.03. The predicted octanol–water partition coefficient (Wildman–Crippen LogP) is 2.64. The highest BCUT2D eigenvalue weighted by atomic mass is 16.5. The first-order chi connectivity index (χ1) is 9.19. The zero-order valence-corrected chi connectivity index (χ0v) is 10.8. The number of fused-ring (bicyclic) bond motifs is 1. The Morgan fingerprint density at radius 2 is 1.84 bits per heavy atom. The average molecular weight is 254 g/mol. The van der Waals surface area contributed by atoms with E-state index in [0.717, 1.165) is 22.5 Å². The lowest BCUT2D eigenvalue weighted by atomic mass is 10.2. The molecule has 3 rings (SSSR count). The molecule has 3 aromatic rings. The van der Waals surface area contributed by atoms with Crippen LogP contribution in [0.1, 0.15) is 5.56 Å². The zero-order valence-electron chi connectivity index (χ0n) is 10.8. The Hall–Kier alpha value is -2.49. The standard InChI is InChI=1S/C15H14N2O2/c1-10-3-8-14-13(9-10)15(18)17(16-14)11-4-6-12(19-2)7-5-11/h3-9,16H,1-2H3. The van der Waals surface area contributed by atoms with Crippen LogP contribution >= 0.6 is 0 Å². The van der Waals surface area contributed by atoms with E-state index in [4.69, 9.17) is 4.74 Å². The van der Waals surface area contributed by atoms with Crippen LogP contribution in [0.3, 0.4) is 0 Å². The van der Waals surface area contributed by atoms with Crippen molar-refractivity contribution in [3.05, 3.63) is 58.4 Å². The molecule has 0 aliphatic heterocycles. The van der Waals surface area contributed by atoms with Gasteiger partial charge >= 0.3 is 0 Å². The summed E-state index contributed by atoms with van der Waals surface area (Å²) in [6.45, 7) is 1.98. The molecule has 19 heavy (non-hydrogen) atoms. The summed E-state index contributed by atoms with van der Waals surface area (Å²) >= 11 is 0. The van der Waals surface area contributed by atoms with E-state index in [-0.39, 0.29) is 5.56 Å². The minimum atomic E-state index is -0.0381. The van der Waals surface area contributed by atoms with E-state index in [9.17, 15) is 4.79 Å². The molecule has 0 atom stereocenters. The van der Waals surface area contributed by atoms with Gasteiger partial charge in [0.1, 0.15) is 5.75 Å². The Labute approximate surface area is 110 Å². The van der Waals surface area contributed by atoms with Crippen LogP contribution in [0.25, 0.3) is 16.6 Å². The summed E-state index contributed by atoms with van der Waals surface area (Å²) in [6, 6.07) is 13.2. The molecule has 0 bridgehead atoms. The average Bonchev–Trinajstić information content (AvgIpc) is 2.76. The Morgan fingerprint density at radius 3 is 2.53 bits per heavy atom. The molecule has 0 spiro atoms. The van der Waals surface area contributed by atoms with E-state index < -0.39 is 0 Å². The van der Waals surface area contributed by atoms with Crippen molar-refractivity contribution in [3.63, 3.8) is 0 Å². The highest BCUT2D eigenvalue weighted by molar-refractivity contribution is 5.79. The number of aromatic amines is 1. The van der Waals surface area contributed by atoms with Gasteiger partial charge in [-0.25, -0.2) is 4.68 Å². The number of hydrogen-bond acceptors (Lipinski definition) is 2. The number of benzene rings is 2. The van der Waals surface area contributed by atoms with Crippen molar-refractivity contribution in [1.82, 2.24) is 9.78 Å². The number of aromatic nitrogens is 2. The molecule has 1 aromatic heterocycles. The third-order valence-corrected chi connectivity index (χ3v) is 3.17. The number of methoxy groups -OCH3 is 1. The Kier molecular flexibility index (Phi) is 2.63. The maximum atomic E-state index is 12.3. The van der Waals surface area contributed by atoms with Crippen molar-refractivity contribution in [2.45, 2.75) is 6.92 Å². The van der Waals surface area contributed by atoms with Gasteiger partial charge in [0.05, 0.1) is 23.7 Å². The van der Waals surface area contributed by atoms with Gasteiger partial charge in [-0.2, -0.15) is 0 Å². The van der Waals surface area contributed by atoms with E-state index in [1.165, 1.54) is 0 Å². The first kappa shape index (κ1) is 11.6. The molecule has 1 heterocycles. The molecule has 0 aliphatic rings. The smallest absolute Gasteiger partial charge is 0.279 e. The number of aryl methyl sites for hydroxylation is 1. The Balaban J connectivity index is 2.19. The topological polar surface area (TPSA) is 47.0 Å². The molecule has 2 aromatic carbocycles. The van der Waals surface area contributed by atoms with E-state index in [0.29, 0.717) is 5.39 Å². The van der Waals surface area contributed by atoms with Gasteiger partial charge in [-0.3, -0.25) is 9.89 Å². The number of rotatable bonds is 2. The quantitative estimate of drug-likeness (QED) is 0.764. The molecule has 0 saturated heterocycles. The molecular formula is C15H14N2O2. The van der Waals surface area contributed by atoms with Gasteiger partial charge in [-0.05, 0) is 43.3 Å². The molecule has 4 heteroatoms. The molecule has 96 valence electrons. The van der Waals surface area contributed by atoms with Crippen LogP contribution in [0.5, 0.6) is 5.75 Å². The second-order valence-electron chi connectivity index (χ2n) is 4.50. The van der Waals surface area contributed by atoms with Crippen LogP contribution < -0.4 is 10.3 Å². The first-order valence-corrected chi connectivity index (χ1v) is 6.05. The van der Waals surface area contributed by atoms with Crippen molar-refractivity contribution in [1.29, 1.82) is 0 Å². The van der Waals surface area contributed by atoms with Crippen LogP contribution in [-0.4, -0.2) is 16.9 Å². The summed E-state index contributed by atoms with van der Waals surface area (Å²) in [6.07, 6.45) is 0. The Bertz CT molecular complexity index is 782. The van der Waals surface area contributed by atoms with Gasteiger partial charge in [0, 0.05) is 0 Å². The lowest BCUT2D eigenvalue weighted by Crippen LogP contribution is -2.14. The fraction of sp³-hybridized carbons (Fsp3) is 0.133. The molecule has 0 aliphatic carbocycles. The van der Waals surface area contributed by atoms with Crippen LogP contribution in [0.15, 0.2) is 47.3 Å². The third kappa shape index (κ3) is 1.91. The molecule has 0 amide bonds. The molecular weight excluding hydrogens is 240 g/mol. The summed E-state index contributed by atoms with van der Waals surface area (Å²) in [4.78, 5) is 12.3. The normalized spacial score (nSPS) is 10.8. The van der Waals surface area contributed by atoms with Gasteiger partial charge in [-0.15, -0.1) is 0 Å². The summed E-state index contributed by atoms with van der Waals surface area (Å²) in [7, 11) is 1.62. The largest absolute Gasteiger partial charge is 0.497 e. The van der Waals surface area contributed by atoms with Gasteiger partial charge in [0.15, 0.2) is 0 Å². The highest BCUT2D eigenvalue weighted by Crippen LogP contribution is 2.16. The minimum absolute atomic E-state index is 0.0381. The minimum Gasteiger partial charge on any atom is -0.497 e. The second-order valence-corrected chi connectivity index (χ2v) is 4.50. The monoisotopic (exact) mass is 254 g/mol. The Morgan fingerprint density at radius 1 is 1.11 bits per heavy atom. The molecule has 4 nitrogen and oxygen atoms in total. The van der Waals surface area contributed by atoms with E-state index in [2.05, 4.69) is 5.10 Å². The van der Waals surface area contributed by atoms with E-state index in [1.807, 2.05) is 49.4 Å². The number of nitrogens with zero attached hydrogens (tertiary/aromatic N) is 1. The van der Waals surface area contributed by atoms with Gasteiger partial charge in [0.2, 0.25) is 0 Å². The lowest BCUT2D eigenvalue weighted by molar-refractivity contribution is 0.414. The molecule has 0 fully saturated rings. The van der Waals surface area contributed by atoms with Gasteiger partial charge < -0.3 is 4.74 Å². The van der Waals surface area contributed by atoms with E-state index >= 15 is 0 Å². The highest BCUT2D eigenvalue weighted by Gasteiger charge is 2.08. The summed E-state index contributed by atoms with van der Waals surface area (Å²) in [5.74, 6) is 0.767. The van der Waals surface area contributed by atoms with E-state index in [1.54, 1.807) is 11.8 Å². The first-order valence-electron chi connectivity index (χ1n) is 6.05. The van der Waals surface area contributed by atoms with Crippen LogP contribution in [0.2, 0.25) is 0 Å². The summed E-state index contributed by atoms with van der Waals surface area (Å²) in [5.41, 5.74) is 2.67. The van der Waals surface area contributed by atoms with Crippen molar-refractivity contribution in [3.8, 4) is 11.4 Å². The van der Waals surface area contributed by atoms with Gasteiger partial charge in [-0.1, -0.05) is 11.6 Å². The van der Waals surface area contributed by atoms with Crippen molar-refractivity contribution < 1.29 is 4.74 Å². The third-order valence-electron chi connectivity index (χ3n) is 3.17. The van der Waals surface area contributed by atoms with Gasteiger partial charge in [0.25, 0.3) is 5.56 Å². The summed E-state index contributed by atoms with van der Waals surface area (Å²) < 4.78 is 6.66. The SMILES string of the molecule is COc1ccc(-n2[nH]c3ccc(C)cc3c2=O)cc1. The summed E-state index contributed by atoms with van der Waals surface area (Å²) in [5, 5.41) is 3.81. The maximum Gasteiger partial charge on any atom is 0.279 e. The molecule has 0 radical (unpaired) electrons. The predicted molar refractivity (Wildman–Crippen MR) is 75.2 cm³/mol. The van der Waals surface area contributed by atoms with Crippen molar-refractivity contribution in [2.24, 2.45) is 0 Å². The fourth-order valence-electron chi connectivity index (χ4n) is 2.14. The molecule has 0 saturated carbocycles. The number of H-pyrrole nitrogens is 1. The zero-order chi connectivity index (χ0) is 13.4. The number of ether oxygens (including phenoxy) is 1. The number of nitrogens with one attached hydrogen (secondary N) is 1. The molecule has 1 N–H and O–H groups in total. The second kappa shape index (κ2) is 4.31.